The van der Waals surface area contributed by atoms with Crippen molar-refractivity contribution in [2.75, 3.05) is 20.3 Å². The molecule has 1 aromatic heterocycles. The SMILES string of the molecule is COc1cc2nc(C3CCC(COCc4ccccc4)CC3)n(COCC[Si](C)(C)C)c2cc1Br. The number of imidazole rings is 1. The normalized spacial score (nSPS) is 18.8. The summed E-state index contributed by atoms with van der Waals surface area (Å²) in [7, 11) is 0.572. The molecule has 0 unspecified atom stereocenters. The maximum atomic E-state index is 6.20. The Morgan fingerprint density at radius 2 is 1.77 bits per heavy atom. The van der Waals surface area contributed by atoms with E-state index in [4.69, 9.17) is 19.2 Å². The summed E-state index contributed by atoms with van der Waals surface area (Å²) < 4.78 is 21.0. The molecule has 0 aliphatic heterocycles. The number of nitrogens with zero attached hydrogens (tertiary/aromatic N) is 2. The molecule has 0 atom stereocenters. The van der Waals surface area contributed by atoms with Gasteiger partial charge in [-0.3, -0.25) is 0 Å². The van der Waals surface area contributed by atoms with E-state index in [1.807, 2.05) is 12.1 Å². The van der Waals surface area contributed by atoms with Gasteiger partial charge < -0.3 is 18.8 Å². The van der Waals surface area contributed by atoms with E-state index in [9.17, 15) is 0 Å². The molecule has 1 saturated carbocycles. The molecule has 0 spiro atoms. The Kier molecular flexibility index (Phi) is 9.08. The second-order valence-electron chi connectivity index (χ2n) is 10.9. The molecule has 2 aromatic carbocycles. The number of benzene rings is 2. The van der Waals surface area contributed by atoms with E-state index in [0.29, 0.717) is 25.2 Å². The van der Waals surface area contributed by atoms with Gasteiger partial charge in [0.2, 0.25) is 0 Å². The van der Waals surface area contributed by atoms with E-state index >= 15 is 0 Å². The summed E-state index contributed by atoms with van der Waals surface area (Å²) in [4.78, 5) is 5.10. The number of ether oxygens (including phenoxy) is 3. The lowest BCUT2D eigenvalue weighted by Gasteiger charge is -2.28. The molecule has 4 rings (SSSR count). The van der Waals surface area contributed by atoms with Crippen molar-refractivity contribution in [3.8, 4) is 5.75 Å². The van der Waals surface area contributed by atoms with Crippen molar-refractivity contribution < 1.29 is 14.2 Å². The quantitative estimate of drug-likeness (QED) is 0.179. The summed E-state index contributed by atoms with van der Waals surface area (Å²) in [6.07, 6.45) is 4.62. The molecule has 1 aliphatic rings. The first-order valence-corrected chi connectivity index (χ1v) is 17.3. The van der Waals surface area contributed by atoms with E-state index in [0.717, 1.165) is 53.1 Å². The van der Waals surface area contributed by atoms with Gasteiger partial charge in [-0.25, -0.2) is 4.98 Å². The van der Waals surface area contributed by atoms with Crippen molar-refractivity contribution in [3.63, 3.8) is 0 Å². The van der Waals surface area contributed by atoms with Crippen LogP contribution in [-0.2, 0) is 22.8 Å². The molecule has 1 aliphatic carbocycles. The fourth-order valence-corrected chi connectivity index (χ4v) is 6.04. The minimum atomic E-state index is -1.13. The smallest absolute Gasteiger partial charge is 0.135 e. The Morgan fingerprint density at radius 3 is 2.46 bits per heavy atom. The van der Waals surface area contributed by atoms with Gasteiger partial charge in [0, 0.05) is 33.3 Å². The predicted molar refractivity (Wildman–Crippen MR) is 149 cm³/mol. The molecule has 1 fully saturated rings. The molecular weight excluding hydrogens is 520 g/mol. The van der Waals surface area contributed by atoms with Gasteiger partial charge in [0.15, 0.2) is 0 Å². The van der Waals surface area contributed by atoms with Crippen LogP contribution in [-0.4, -0.2) is 37.9 Å². The van der Waals surface area contributed by atoms with Gasteiger partial charge in [-0.15, -0.1) is 0 Å². The average molecular weight is 560 g/mol. The Balaban J connectivity index is 1.42. The fourth-order valence-electron chi connectivity index (χ4n) is 4.79. The van der Waals surface area contributed by atoms with Crippen molar-refractivity contribution in [2.24, 2.45) is 5.92 Å². The van der Waals surface area contributed by atoms with Crippen molar-refractivity contribution in [1.29, 1.82) is 0 Å². The largest absolute Gasteiger partial charge is 0.495 e. The molecule has 0 saturated heterocycles. The standard InChI is InChI=1S/C28H39BrN2O3Si/c1-32-27-17-25-26(16-24(27)29)31(20-33-14-15-35(2,3)4)28(30-25)23-12-10-22(11-13-23)19-34-18-21-8-6-5-7-9-21/h5-9,16-17,22-23H,10-15,18-20H2,1-4H3. The van der Waals surface area contributed by atoms with Gasteiger partial charge in [0.25, 0.3) is 0 Å². The van der Waals surface area contributed by atoms with Crippen LogP contribution < -0.4 is 4.74 Å². The number of halogens is 1. The maximum Gasteiger partial charge on any atom is 0.135 e. The third-order valence-corrected chi connectivity index (χ3v) is 9.27. The lowest BCUT2D eigenvalue weighted by molar-refractivity contribution is 0.0685. The Morgan fingerprint density at radius 1 is 1.03 bits per heavy atom. The van der Waals surface area contributed by atoms with Gasteiger partial charge in [-0.05, 0) is 65.2 Å². The minimum Gasteiger partial charge on any atom is -0.495 e. The third kappa shape index (κ3) is 7.19. The summed E-state index contributed by atoms with van der Waals surface area (Å²) >= 11 is 3.66. The molecule has 0 bridgehead atoms. The minimum absolute atomic E-state index is 0.443. The van der Waals surface area contributed by atoms with Gasteiger partial charge in [0.1, 0.15) is 18.3 Å². The van der Waals surface area contributed by atoms with Crippen LogP contribution in [0.15, 0.2) is 46.9 Å². The van der Waals surface area contributed by atoms with Gasteiger partial charge in [-0.2, -0.15) is 0 Å². The molecule has 7 heteroatoms. The topological polar surface area (TPSA) is 45.5 Å². The summed E-state index contributed by atoms with van der Waals surface area (Å²) in [6.45, 7) is 10.1. The molecule has 1 heterocycles. The fraction of sp³-hybridized carbons (Fsp3) is 0.536. The zero-order valence-corrected chi connectivity index (χ0v) is 24.1. The van der Waals surface area contributed by atoms with Crippen LogP contribution in [0.1, 0.15) is 43.0 Å². The Hall–Kier alpha value is -1.67. The monoisotopic (exact) mass is 558 g/mol. The molecule has 3 aromatic rings. The number of hydrogen-bond acceptors (Lipinski definition) is 4. The molecule has 0 N–H and O–H groups in total. The van der Waals surface area contributed by atoms with E-state index in [1.165, 1.54) is 24.4 Å². The van der Waals surface area contributed by atoms with Crippen LogP contribution in [0.2, 0.25) is 25.7 Å². The van der Waals surface area contributed by atoms with Crippen LogP contribution >= 0.6 is 15.9 Å². The maximum absolute atomic E-state index is 6.20. The molecule has 35 heavy (non-hydrogen) atoms. The van der Waals surface area contributed by atoms with Crippen LogP contribution in [0.25, 0.3) is 11.0 Å². The summed E-state index contributed by atoms with van der Waals surface area (Å²) in [5.41, 5.74) is 3.32. The number of hydrogen-bond donors (Lipinski definition) is 0. The molecule has 5 nitrogen and oxygen atoms in total. The Bertz CT molecular complexity index is 1090. The Labute approximate surface area is 219 Å². The van der Waals surface area contributed by atoms with Crippen LogP contribution in [0.3, 0.4) is 0 Å². The highest BCUT2D eigenvalue weighted by Gasteiger charge is 2.27. The molecule has 190 valence electrons. The third-order valence-electron chi connectivity index (χ3n) is 6.95. The summed E-state index contributed by atoms with van der Waals surface area (Å²) in [6, 6.07) is 15.8. The first-order chi connectivity index (χ1) is 16.8. The molecule has 0 radical (unpaired) electrons. The van der Waals surface area contributed by atoms with E-state index in [1.54, 1.807) is 7.11 Å². The van der Waals surface area contributed by atoms with E-state index in [-0.39, 0.29) is 0 Å². The zero-order chi connectivity index (χ0) is 24.8. The van der Waals surface area contributed by atoms with Crippen LogP contribution in [0.5, 0.6) is 5.75 Å². The van der Waals surface area contributed by atoms with Gasteiger partial charge in [-0.1, -0.05) is 50.0 Å². The number of aromatic nitrogens is 2. The van der Waals surface area contributed by atoms with Crippen molar-refractivity contribution in [1.82, 2.24) is 9.55 Å². The van der Waals surface area contributed by atoms with Crippen LogP contribution in [0, 0.1) is 5.92 Å². The number of rotatable bonds is 11. The second kappa shape index (κ2) is 12.0. The first-order valence-electron chi connectivity index (χ1n) is 12.8. The number of fused-ring (bicyclic) bond motifs is 1. The highest BCUT2D eigenvalue weighted by atomic mass is 79.9. The van der Waals surface area contributed by atoms with E-state index < -0.39 is 8.07 Å². The molecular formula is C28H39BrN2O3Si. The lowest BCUT2D eigenvalue weighted by Crippen LogP contribution is -2.23. The summed E-state index contributed by atoms with van der Waals surface area (Å²) in [5, 5.41) is 0. The van der Waals surface area contributed by atoms with Crippen molar-refractivity contribution in [2.45, 2.75) is 70.6 Å². The lowest BCUT2D eigenvalue weighted by atomic mass is 9.82. The van der Waals surface area contributed by atoms with Gasteiger partial charge >= 0.3 is 0 Å². The first kappa shape index (κ1) is 26.4. The highest BCUT2D eigenvalue weighted by Crippen LogP contribution is 2.38. The number of methoxy groups -OCH3 is 1. The molecule has 0 amide bonds. The van der Waals surface area contributed by atoms with Crippen LogP contribution in [0.4, 0.5) is 0 Å². The predicted octanol–water partition coefficient (Wildman–Crippen LogP) is 7.61. The highest BCUT2D eigenvalue weighted by molar-refractivity contribution is 9.10. The second-order valence-corrected chi connectivity index (χ2v) is 17.4. The van der Waals surface area contributed by atoms with Crippen molar-refractivity contribution >= 4 is 35.0 Å². The van der Waals surface area contributed by atoms with Crippen molar-refractivity contribution in [3.05, 3.63) is 58.3 Å². The summed E-state index contributed by atoms with van der Waals surface area (Å²) in [5.74, 6) is 3.03. The average Bonchev–Trinajstić information content (AvgIpc) is 3.19. The van der Waals surface area contributed by atoms with E-state index in [2.05, 4.69) is 70.5 Å². The van der Waals surface area contributed by atoms with Gasteiger partial charge in [0.05, 0.1) is 29.2 Å². The zero-order valence-electron chi connectivity index (χ0n) is 21.6.